The van der Waals surface area contributed by atoms with E-state index in [1.165, 1.54) is 6.42 Å². The second-order valence-corrected chi connectivity index (χ2v) is 5.65. The number of nitrogens with one attached hydrogen (secondary N) is 1. The lowest BCUT2D eigenvalue weighted by molar-refractivity contribution is -0.126. The first-order valence-corrected chi connectivity index (χ1v) is 7.25. The predicted octanol–water partition coefficient (Wildman–Crippen LogP) is 2.19. The molecule has 0 aromatic heterocycles. The number of ether oxygens (including phenoxy) is 1. The number of carbonyl (C=O) groups is 1. The number of aliphatic hydroxyl groups is 1. The van der Waals surface area contributed by atoms with E-state index in [1.54, 1.807) is 0 Å². The normalized spacial score (nSPS) is 17.5. The molecule has 2 rings (SSSR count). The first kappa shape index (κ1) is 14.9. The fourth-order valence-corrected chi connectivity index (χ4v) is 2.67. The highest BCUT2D eigenvalue weighted by atomic mass is 16.5. The van der Waals surface area contributed by atoms with E-state index in [4.69, 9.17) is 4.74 Å². The first-order valence-electron chi connectivity index (χ1n) is 7.25. The SMILES string of the molecule is Cc1ccc(OCC(=O)NC2(CO)CCCCC2)cc1. The summed E-state index contributed by atoms with van der Waals surface area (Å²) in [6.45, 7) is 2.00. The van der Waals surface area contributed by atoms with Crippen molar-refractivity contribution in [1.82, 2.24) is 5.32 Å². The van der Waals surface area contributed by atoms with Crippen molar-refractivity contribution >= 4 is 5.91 Å². The molecule has 1 saturated carbocycles. The molecule has 1 aromatic carbocycles. The summed E-state index contributed by atoms with van der Waals surface area (Å²) in [5.74, 6) is 0.522. The van der Waals surface area contributed by atoms with Crippen molar-refractivity contribution in [2.75, 3.05) is 13.2 Å². The molecule has 110 valence electrons. The monoisotopic (exact) mass is 277 g/mol. The molecule has 2 N–H and O–H groups in total. The summed E-state index contributed by atoms with van der Waals surface area (Å²) >= 11 is 0. The Labute approximate surface area is 120 Å². The second-order valence-electron chi connectivity index (χ2n) is 5.65. The summed E-state index contributed by atoms with van der Waals surface area (Å²) in [5.41, 5.74) is 0.717. The molecule has 0 radical (unpaired) electrons. The Morgan fingerprint density at radius 2 is 1.90 bits per heavy atom. The van der Waals surface area contributed by atoms with E-state index in [0.29, 0.717) is 5.75 Å². The summed E-state index contributed by atoms with van der Waals surface area (Å²) in [6.07, 6.45) is 4.98. The molecule has 0 aliphatic heterocycles. The molecular formula is C16H23NO3. The smallest absolute Gasteiger partial charge is 0.258 e. The van der Waals surface area contributed by atoms with Crippen molar-refractivity contribution in [3.05, 3.63) is 29.8 Å². The molecule has 1 aromatic rings. The van der Waals surface area contributed by atoms with Crippen LogP contribution in [0.15, 0.2) is 24.3 Å². The Hall–Kier alpha value is -1.55. The van der Waals surface area contributed by atoms with Gasteiger partial charge in [0.15, 0.2) is 6.61 Å². The number of aryl methyl sites for hydroxylation is 1. The van der Waals surface area contributed by atoms with Crippen LogP contribution in [-0.2, 0) is 4.79 Å². The van der Waals surface area contributed by atoms with Gasteiger partial charge >= 0.3 is 0 Å². The first-order chi connectivity index (χ1) is 9.63. The van der Waals surface area contributed by atoms with Crippen molar-refractivity contribution < 1.29 is 14.6 Å². The minimum atomic E-state index is -0.439. The van der Waals surface area contributed by atoms with Crippen molar-refractivity contribution in [1.29, 1.82) is 0 Å². The third kappa shape index (κ3) is 3.97. The van der Waals surface area contributed by atoms with Gasteiger partial charge in [-0.05, 0) is 31.9 Å². The van der Waals surface area contributed by atoms with Gasteiger partial charge in [-0.25, -0.2) is 0 Å². The highest BCUT2D eigenvalue weighted by molar-refractivity contribution is 5.78. The maximum atomic E-state index is 12.0. The zero-order valence-corrected chi connectivity index (χ0v) is 12.0. The predicted molar refractivity (Wildman–Crippen MR) is 77.7 cm³/mol. The average molecular weight is 277 g/mol. The largest absolute Gasteiger partial charge is 0.484 e. The Bertz CT molecular complexity index is 436. The number of hydrogen-bond acceptors (Lipinski definition) is 3. The quantitative estimate of drug-likeness (QED) is 0.867. The van der Waals surface area contributed by atoms with Crippen molar-refractivity contribution in [2.24, 2.45) is 0 Å². The number of carbonyl (C=O) groups excluding carboxylic acids is 1. The maximum Gasteiger partial charge on any atom is 0.258 e. The second kappa shape index (κ2) is 6.75. The summed E-state index contributed by atoms with van der Waals surface area (Å²) in [6, 6.07) is 7.60. The van der Waals surface area contributed by atoms with E-state index in [2.05, 4.69) is 5.32 Å². The van der Waals surface area contributed by atoms with Crippen LogP contribution in [-0.4, -0.2) is 29.8 Å². The third-order valence-electron chi connectivity index (χ3n) is 3.91. The topological polar surface area (TPSA) is 58.6 Å². The maximum absolute atomic E-state index is 12.0. The Balaban J connectivity index is 1.83. The summed E-state index contributed by atoms with van der Waals surface area (Å²) in [7, 11) is 0. The standard InChI is InChI=1S/C16H23NO3/c1-13-5-7-14(8-6-13)20-11-15(19)17-16(12-18)9-3-2-4-10-16/h5-8,18H,2-4,9-12H2,1H3,(H,17,19). The molecule has 0 bridgehead atoms. The number of amides is 1. The molecule has 20 heavy (non-hydrogen) atoms. The number of aliphatic hydroxyl groups excluding tert-OH is 1. The molecule has 0 spiro atoms. The van der Waals surface area contributed by atoms with Gasteiger partial charge in [-0.15, -0.1) is 0 Å². The number of benzene rings is 1. The van der Waals surface area contributed by atoms with Crippen LogP contribution >= 0.6 is 0 Å². The van der Waals surface area contributed by atoms with Crippen LogP contribution in [0.2, 0.25) is 0 Å². The fraction of sp³-hybridized carbons (Fsp3) is 0.562. The lowest BCUT2D eigenvalue weighted by atomic mass is 9.82. The highest BCUT2D eigenvalue weighted by Gasteiger charge is 2.32. The van der Waals surface area contributed by atoms with Crippen LogP contribution in [0.4, 0.5) is 0 Å². The third-order valence-corrected chi connectivity index (χ3v) is 3.91. The Kier molecular flexibility index (Phi) is 5.01. The number of hydrogen-bond donors (Lipinski definition) is 2. The molecule has 1 fully saturated rings. The molecular weight excluding hydrogens is 254 g/mol. The minimum absolute atomic E-state index is 0.00325. The van der Waals surface area contributed by atoms with Gasteiger partial charge in [0.05, 0.1) is 12.1 Å². The van der Waals surface area contributed by atoms with Crippen LogP contribution in [0, 0.1) is 6.92 Å². The lowest BCUT2D eigenvalue weighted by Crippen LogP contribution is -2.53. The molecule has 1 aliphatic carbocycles. The van der Waals surface area contributed by atoms with Crippen LogP contribution in [0.3, 0.4) is 0 Å². The van der Waals surface area contributed by atoms with Gasteiger partial charge < -0.3 is 15.2 Å². The lowest BCUT2D eigenvalue weighted by Gasteiger charge is -2.36. The van der Waals surface area contributed by atoms with Crippen LogP contribution in [0.25, 0.3) is 0 Å². The Morgan fingerprint density at radius 1 is 1.25 bits per heavy atom. The van der Waals surface area contributed by atoms with Gasteiger partial charge in [0, 0.05) is 0 Å². The molecule has 0 atom stereocenters. The fourth-order valence-electron chi connectivity index (χ4n) is 2.67. The zero-order chi connectivity index (χ0) is 14.4. The van der Waals surface area contributed by atoms with Crippen LogP contribution < -0.4 is 10.1 Å². The van der Waals surface area contributed by atoms with Gasteiger partial charge in [0.25, 0.3) is 5.91 Å². The zero-order valence-electron chi connectivity index (χ0n) is 12.0. The van der Waals surface area contributed by atoms with E-state index in [1.807, 2.05) is 31.2 Å². The molecule has 0 saturated heterocycles. The molecule has 1 amide bonds. The average Bonchev–Trinajstić information content (AvgIpc) is 2.47. The van der Waals surface area contributed by atoms with E-state index >= 15 is 0 Å². The molecule has 0 heterocycles. The van der Waals surface area contributed by atoms with Crippen LogP contribution in [0.5, 0.6) is 5.75 Å². The van der Waals surface area contributed by atoms with Crippen molar-refractivity contribution in [3.63, 3.8) is 0 Å². The summed E-state index contributed by atoms with van der Waals surface area (Å²) < 4.78 is 5.46. The summed E-state index contributed by atoms with van der Waals surface area (Å²) in [5, 5.41) is 12.5. The van der Waals surface area contributed by atoms with E-state index < -0.39 is 5.54 Å². The molecule has 4 heteroatoms. The van der Waals surface area contributed by atoms with Gasteiger partial charge in [0.2, 0.25) is 0 Å². The molecule has 0 unspecified atom stereocenters. The van der Waals surface area contributed by atoms with Gasteiger partial charge in [-0.2, -0.15) is 0 Å². The van der Waals surface area contributed by atoms with Crippen molar-refractivity contribution in [3.8, 4) is 5.75 Å². The highest BCUT2D eigenvalue weighted by Crippen LogP contribution is 2.27. The minimum Gasteiger partial charge on any atom is -0.484 e. The number of rotatable bonds is 5. The van der Waals surface area contributed by atoms with E-state index in [9.17, 15) is 9.90 Å². The molecule has 4 nitrogen and oxygen atoms in total. The van der Waals surface area contributed by atoms with E-state index in [0.717, 1.165) is 31.2 Å². The van der Waals surface area contributed by atoms with Crippen molar-refractivity contribution in [2.45, 2.75) is 44.6 Å². The van der Waals surface area contributed by atoms with E-state index in [-0.39, 0.29) is 19.1 Å². The van der Waals surface area contributed by atoms with Gasteiger partial charge in [-0.3, -0.25) is 4.79 Å². The van der Waals surface area contributed by atoms with Gasteiger partial charge in [0.1, 0.15) is 5.75 Å². The Morgan fingerprint density at radius 3 is 2.50 bits per heavy atom. The van der Waals surface area contributed by atoms with Gasteiger partial charge in [-0.1, -0.05) is 37.0 Å². The van der Waals surface area contributed by atoms with Crippen LogP contribution in [0.1, 0.15) is 37.7 Å². The summed E-state index contributed by atoms with van der Waals surface area (Å²) in [4.78, 5) is 12.0. The molecule has 1 aliphatic rings.